The summed E-state index contributed by atoms with van der Waals surface area (Å²) in [6.45, 7) is -0.434. The Morgan fingerprint density at radius 2 is 1.87 bits per heavy atom. The lowest BCUT2D eigenvalue weighted by molar-refractivity contribution is -0.152. The third-order valence-corrected chi connectivity index (χ3v) is 5.12. The summed E-state index contributed by atoms with van der Waals surface area (Å²) in [5, 5.41) is 0. The lowest BCUT2D eigenvalue weighted by atomic mass is 10.1. The van der Waals surface area contributed by atoms with E-state index in [-0.39, 0.29) is 18.9 Å². The third kappa shape index (κ3) is 5.82. The van der Waals surface area contributed by atoms with E-state index in [2.05, 4.69) is 26.8 Å². The first-order valence-corrected chi connectivity index (χ1v) is 10.1. The number of carbonyl (C=O) groups excluding carboxylic acids is 4. The maximum absolute atomic E-state index is 12.3. The Labute approximate surface area is 186 Å². The van der Waals surface area contributed by atoms with Crippen molar-refractivity contribution in [1.82, 2.24) is 10.9 Å². The van der Waals surface area contributed by atoms with Gasteiger partial charge in [0.25, 0.3) is 11.8 Å². The van der Waals surface area contributed by atoms with E-state index in [1.807, 2.05) is 0 Å². The number of halogens is 1. The van der Waals surface area contributed by atoms with Gasteiger partial charge in [-0.3, -0.25) is 30.0 Å². The Balaban J connectivity index is 1.46. The van der Waals surface area contributed by atoms with Crippen molar-refractivity contribution in [3.05, 3.63) is 58.6 Å². The summed E-state index contributed by atoms with van der Waals surface area (Å²) in [6.07, 6.45) is -0.0159. The molecule has 0 radical (unpaired) electrons. The van der Waals surface area contributed by atoms with E-state index in [1.54, 1.807) is 48.5 Å². The number of hydrazine groups is 1. The third-order valence-electron chi connectivity index (χ3n) is 4.59. The number of amides is 3. The zero-order valence-electron chi connectivity index (χ0n) is 16.6. The number of anilines is 1. The van der Waals surface area contributed by atoms with Crippen LogP contribution in [0.15, 0.2) is 53.0 Å². The number of hydrogen-bond donors (Lipinski definition) is 2. The highest BCUT2D eigenvalue weighted by Gasteiger charge is 2.36. The minimum Gasteiger partial charge on any atom is -0.497 e. The van der Waals surface area contributed by atoms with Crippen LogP contribution in [0.3, 0.4) is 0 Å². The topological polar surface area (TPSA) is 114 Å². The molecule has 1 atom stereocenters. The van der Waals surface area contributed by atoms with Gasteiger partial charge in [-0.25, -0.2) is 0 Å². The molecule has 2 aromatic carbocycles. The molecule has 2 N–H and O–H groups in total. The Kier molecular flexibility index (Phi) is 7.24. The number of rotatable bonds is 6. The summed E-state index contributed by atoms with van der Waals surface area (Å²) >= 11 is 3.27. The van der Waals surface area contributed by atoms with Gasteiger partial charge in [-0.2, -0.15) is 0 Å². The van der Waals surface area contributed by atoms with Crippen LogP contribution in [-0.4, -0.2) is 44.0 Å². The van der Waals surface area contributed by atoms with Crippen molar-refractivity contribution >= 4 is 45.3 Å². The fourth-order valence-electron chi connectivity index (χ4n) is 2.98. The number of esters is 1. The second-order valence-corrected chi connectivity index (χ2v) is 7.64. The number of nitrogens with one attached hydrogen (secondary N) is 2. The fourth-order valence-corrected chi connectivity index (χ4v) is 3.25. The van der Waals surface area contributed by atoms with E-state index in [0.717, 1.165) is 4.47 Å². The predicted octanol–water partition coefficient (Wildman–Crippen LogP) is 1.82. The number of hydrogen-bond acceptors (Lipinski definition) is 6. The number of benzene rings is 2. The van der Waals surface area contributed by atoms with E-state index < -0.39 is 30.3 Å². The molecule has 10 heteroatoms. The molecule has 1 aliphatic heterocycles. The monoisotopic (exact) mass is 489 g/mol. The van der Waals surface area contributed by atoms with Crippen LogP contribution >= 0.6 is 15.9 Å². The van der Waals surface area contributed by atoms with Gasteiger partial charge in [0.2, 0.25) is 5.91 Å². The average Bonchev–Trinajstić information content (AvgIpc) is 3.18. The molecule has 0 saturated carbocycles. The molecule has 0 aliphatic carbocycles. The van der Waals surface area contributed by atoms with Crippen LogP contribution in [0.4, 0.5) is 5.69 Å². The van der Waals surface area contributed by atoms with E-state index in [0.29, 0.717) is 17.0 Å². The van der Waals surface area contributed by atoms with Crippen molar-refractivity contribution in [2.24, 2.45) is 5.92 Å². The molecule has 3 rings (SSSR count). The summed E-state index contributed by atoms with van der Waals surface area (Å²) in [7, 11) is 1.53. The van der Waals surface area contributed by atoms with Crippen LogP contribution in [0.25, 0.3) is 0 Å². The second kappa shape index (κ2) is 10.1. The Bertz CT molecular complexity index is 995. The molecule has 0 unspecified atom stereocenters. The van der Waals surface area contributed by atoms with Crippen LogP contribution in [-0.2, 0) is 19.1 Å². The second-order valence-electron chi connectivity index (χ2n) is 6.72. The highest BCUT2D eigenvalue weighted by molar-refractivity contribution is 9.10. The van der Waals surface area contributed by atoms with Gasteiger partial charge < -0.3 is 14.4 Å². The van der Waals surface area contributed by atoms with Crippen LogP contribution in [0.5, 0.6) is 5.75 Å². The molecule has 1 aliphatic rings. The van der Waals surface area contributed by atoms with Gasteiger partial charge in [0.1, 0.15) is 5.75 Å². The summed E-state index contributed by atoms with van der Waals surface area (Å²) in [6, 6.07) is 13.5. The smallest absolute Gasteiger partial charge is 0.311 e. The number of methoxy groups -OCH3 is 1. The Morgan fingerprint density at radius 3 is 2.58 bits per heavy atom. The van der Waals surface area contributed by atoms with Gasteiger partial charge in [0.15, 0.2) is 6.61 Å². The van der Waals surface area contributed by atoms with Crippen molar-refractivity contribution in [2.75, 3.05) is 25.2 Å². The molecule has 0 aromatic heterocycles. The highest BCUT2D eigenvalue weighted by Crippen LogP contribution is 2.28. The standard InChI is InChI=1S/C21H20BrN3O6/c1-30-17-4-2-3-16(10-17)25-11-14(9-19(25)27)21(29)31-12-18(26)23-24-20(28)13-5-7-15(22)8-6-13/h2-8,10,14H,9,11-12H2,1H3,(H,23,26)(H,24,28)/t14-/m1/s1. The van der Waals surface area contributed by atoms with E-state index >= 15 is 0 Å². The first kappa shape index (κ1) is 22.3. The zero-order valence-corrected chi connectivity index (χ0v) is 18.2. The van der Waals surface area contributed by atoms with Gasteiger partial charge in [-0.15, -0.1) is 0 Å². The van der Waals surface area contributed by atoms with Crippen molar-refractivity contribution in [3.8, 4) is 5.75 Å². The summed E-state index contributed by atoms with van der Waals surface area (Å²) in [5.74, 6) is -2.19. The summed E-state index contributed by atoms with van der Waals surface area (Å²) in [5.41, 5.74) is 5.39. The van der Waals surface area contributed by atoms with Gasteiger partial charge >= 0.3 is 5.97 Å². The highest BCUT2D eigenvalue weighted by atomic mass is 79.9. The molecule has 1 saturated heterocycles. The van der Waals surface area contributed by atoms with Crippen LogP contribution in [0, 0.1) is 5.92 Å². The number of ether oxygens (including phenoxy) is 2. The average molecular weight is 490 g/mol. The lowest BCUT2D eigenvalue weighted by Crippen LogP contribution is -2.43. The molecule has 0 spiro atoms. The quantitative estimate of drug-likeness (QED) is 0.472. The summed E-state index contributed by atoms with van der Waals surface area (Å²) < 4.78 is 11.0. The molecule has 9 nitrogen and oxygen atoms in total. The first-order chi connectivity index (χ1) is 14.9. The minimum atomic E-state index is -0.701. The molecule has 1 fully saturated rings. The van der Waals surface area contributed by atoms with Crippen LogP contribution in [0.1, 0.15) is 16.8 Å². The summed E-state index contributed by atoms with van der Waals surface area (Å²) in [4.78, 5) is 49.9. The lowest BCUT2D eigenvalue weighted by Gasteiger charge is -2.17. The molecular formula is C21H20BrN3O6. The molecular weight excluding hydrogens is 470 g/mol. The predicted molar refractivity (Wildman–Crippen MR) is 114 cm³/mol. The van der Waals surface area contributed by atoms with Gasteiger partial charge in [0, 0.05) is 34.8 Å². The van der Waals surface area contributed by atoms with Crippen molar-refractivity contribution in [3.63, 3.8) is 0 Å². The minimum absolute atomic E-state index is 0.0159. The van der Waals surface area contributed by atoms with Gasteiger partial charge in [0.05, 0.1) is 13.0 Å². The molecule has 3 amide bonds. The van der Waals surface area contributed by atoms with Crippen molar-refractivity contribution < 1.29 is 28.7 Å². The van der Waals surface area contributed by atoms with Crippen molar-refractivity contribution in [2.45, 2.75) is 6.42 Å². The fraction of sp³-hybridized carbons (Fsp3) is 0.238. The number of carbonyl (C=O) groups is 4. The molecule has 2 aromatic rings. The Hall–Kier alpha value is -3.40. The largest absolute Gasteiger partial charge is 0.497 e. The van der Waals surface area contributed by atoms with E-state index in [9.17, 15) is 19.2 Å². The SMILES string of the molecule is COc1cccc(N2C[C@H](C(=O)OCC(=O)NNC(=O)c3ccc(Br)cc3)CC2=O)c1. The Morgan fingerprint density at radius 1 is 1.13 bits per heavy atom. The number of nitrogens with zero attached hydrogens (tertiary/aromatic N) is 1. The van der Waals surface area contributed by atoms with Gasteiger partial charge in [-0.1, -0.05) is 22.0 Å². The maximum Gasteiger partial charge on any atom is 0.311 e. The molecule has 1 heterocycles. The molecule has 31 heavy (non-hydrogen) atoms. The van der Waals surface area contributed by atoms with E-state index in [4.69, 9.17) is 9.47 Å². The first-order valence-electron chi connectivity index (χ1n) is 9.33. The zero-order chi connectivity index (χ0) is 22.4. The van der Waals surface area contributed by atoms with Gasteiger partial charge in [-0.05, 0) is 36.4 Å². The van der Waals surface area contributed by atoms with Crippen molar-refractivity contribution in [1.29, 1.82) is 0 Å². The molecule has 0 bridgehead atoms. The van der Waals surface area contributed by atoms with Crippen LogP contribution in [0.2, 0.25) is 0 Å². The molecule has 162 valence electrons. The van der Waals surface area contributed by atoms with E-state index in [1.165, 1.54) is 12.0 Å². The van der Waals surface area contributed by atoms with Crippen LogP contribution < -0.4 is 20.5 Å². The maximum atomic E-state index is 12.3. The normalized spacial score (nSPS) is 15.4.